The first kappa shape index (κ1) is 14.9. The van der Waals surface area contributed by atoms with Gasteiger partial charge in [-0.1, -0.05) is 39.0 Å². The lowest BCUT2D eigenvalue weighted by atomic mass is 9.70. The summed E-state index contributed by atoms with van der Waals surface area (Å²) in [4.78, 5) is 0. The van der Waals surface area contributed by atoms with Crippen molar-refractivity contribution in [2.24, 2.45) is 17.1 Å². The summed E-state index contributed by atoms with van der Waals surface area (Å²) >= 11 is 1.73. The van der Waals surface area contributed by atoms with Crippen LogP contribution < -0.4 is 5.73 Å². The van der Waals surface area contributed by atoms with Gasteiger partial charge in [-0.2, -0.15) is 0 Å². The molecule has 4 heteroatoms. The Labute approximate surface area is 121 Å². The summed E-state index contributed by atoms with van der Waals surface area (Å²) in [6.07, 6.45) is 6.10. The summed E-state index contributed by atoms with van der Waals surface area (Å²) in [6, 6.07) is 0.0668. The van der Waals surface area contributed by atoms with Crippen molar-refractivity contribution >= 4 is 11.3 Å². The Morgan fingerprint density at radius 3 is 2.37 bits per heavy atom. The van der Waals surface area contributed by atoms with E-state index in [0.29, 0.717) is 11.3 Å². The zero-order chi connectivity index (χ0) is 14.0. The maximum Gasteiger partial charge on any atom is 0.134 e. The maximum atomic E-state index is 6.02. The first-order chi connectivity index (χ1) is 8.91. The summed E-state index contributed by atoms with van der Waals surface area (Å²) in [5.41, 5.74) is 6.47. The van der Waals surface area contributed by atoms with Crippen molar-refractivity contribution in [1.82, 2.24) is 10.2 Å². The molecule has 0 amide bonds. The van der Waals surface area contributed by atoms with Crippen molar-refractivity contribution in [3.05, 3.63) is 10.0 Å². The molecule has 1 saturated carbocycles. The normalized spacial score (nSPS) is 26.4. The van der Waals surface area contributed by atoms with Gasteiger partial charge < -0.3 is 5.73 Å². The standard InChI is InChI=1S/C15H27N3S/c1-5-12(16)14-18-17-13(19-14)10-6-8-11(9-7-10)15(2,3)4/h10-12H,5-9,16H2,1-4H3. The minimum Gasteiger partial charge on any atom is -0.322 e. The Morgan fingerprint density at radius 2 is 1.84 bits per heavy atom. The molecule has 2 rings (SSSR count). The lowest BCUT2D eigenvalue weighted by Crippen LogP contribution is -2.25. The van der Waals surface area contributed by atoms with Gasteiger partial charge in [-0.05, 0) is 43.4 Å². The molecule has 108 valence electrons. The van der Waals surface area contributed by atoms with Gasteiger partial charge in [-0.25, -0.2) is 0 Å². The Balaban J connectivity index is 1.96. The summed E-state index contributed by atoms with van der Waals surface area (Å²) in [7, 11) is 0. The summed E-state index contributed by atoms with van der Waals surface area (Å²) in [6.45, 7) is 9.18. The molecule has 0 aliphatic heterocycles. The molecule has 1 fully saturated rings. The van der Waals surface area contributed by atoms with Crippen LogP contribution in [-0.2, 0) is 0 Å². The van der Waals surface area contributed by atoms with Crippen molar-refractivity contribution in [2.75, 3.05) is 0 Å². The van der Waals surface area contributed by atoms with E-state index in [4.69, 9.17) is 5.73 Å². The highest BCUT2D eigenvalue weighted by molar-refractivity contribution is 7.11. The van der Waals surface area contributed by atoms with E-state index in [0.717, 1.165) is 17.3 Å². The number of aromatic nitrogens is 2. The number of nitrogens with zero attached hydrogens (tertiary/aromatic N) is 2. The minimum atomic E-state index is 0.0668. The molecule has 1 heterocycles. The van der Waals surface area contributed by atoms with Gasteiger partial charge in [0, 0.05) is 5.92 Å². The Kier molecular flexibility index (Phi) is 4.62. The molecule has 2 N–H and O–H groups in total. The monoisotopic (exact) mass is 281 g/mol. The fraction of sp³-hybridized carbons (Fsp3) is 0.867. The van der Waals surface area contributed by atoms with Crippen molar-refractivity contribution in [2.45, 2.75) is 71.8 Å². The van der Waals surface area contributed by atoms with Gasteiger partial charge in [0.15, 0.2) is 0 Å². The highest BCUT2D eigenvalue weighted by Crippen LogP contribution is 2.43. The molecule has 1 aliphatic carbocycles. The van der Waals surface area contributed by atoms with E-state index in [9.17, 15) is 0 Å². The number of hydrogen-bond donors (Lipinski definition) is 1. The van der Waals surface area contributed by atoms with Crippen molar-refractivity contribution in [3.63, 3.8) is 0 Å². The second kappa shape index (κ2) is 5.88. The predicted molar refractivity (Wildman–Crippen MR) is 81.3 cm³/mol. The SMILES string of the molecule is CCC(N)c1nnc(C2CCC(C(C)(C)C)CC2)s1. The zero-order valence-corrected chi connectivity index (χ0v) is 13.5. The highest BCUT2D eigenvalue weighted by Gasteiger charge is 2.31. The molecule has 1 atom stereocenters. The summed E-state index contributed by atoms with van der Waals surface area (Å²) < 4.78 is 0. The van der Waals surface area contributed by atoms with Crippen LogP contribution in [0.4, 0.5) is 0 Å². The van der Waals surface area contributed by atoms with E-state index < -0.39 is 0 Å². The second-order valence-electron chi connectivity index (χ2n) is 6.91. The first-order valence-electron chi connectivity index (χ1n) is 7.50. The van der Waals surface area contributed by atoms with Crippen LogP contribution in [0.2, 0.25) is 0 Å². The second-order valence-corrected chi connectivity index (χ2v) is 7.95. The number of rotatable bonds is 3. The van der Waals surface area contributed by atoms with Crippen molar-refractivity contribution in [1.29, 1.82) is 0 Å². The molecule has 1 aromatic heterocycles. The van der Waals surface area contributed by atoms with E-state index in [2.05, 4.69) is 37.9 Å². The molecule has 1 aliphatic rings. The minimum absolute atomic E-state index is 0.0668. The van der Waals surface area contributed by atoms with Crippen LogP contribution in [0.1, 0.15) is 81.8 Å². The van der Waals surface area contributed by atoms with Gasteiger partial charge in [0.2, 0.25) is 0 Å². The van der Waals surface area contributed by atoms with E-state index in [-0.39, 0.29) is 6.04 Å². The highest BCUT2D eigenvalue weighted by atomic mass is 32.1. The summed E-state index contributed by atoms with van der Waals surface area (Å²) in [5.74, 6) is 1.47. The lowest BCUT2D eigenvalue weighted by Gasteiger charge is -2.36. The number of hydrogen-bond acceptors (Lipinski definition) is 4. The van der Waals surface area contributed by atoms with Gasteiger partial charge in [-0.3, -0.25) is 0 Å². The van der Waals surface area contributed by atoms with Crippen LogP contribution in [-0.4, -0.2) is 10.2 Å². The topological polar surface area (TPSA) is 51.8 Å². The fourth-order valence-electron chi connectivity index (χ4n) is 2.94. The predicted octanol–water partition coefficient (Wildman–Crippen LogP) is 4.27. The molecule has 0 aromatic carbocycles. The van der Waals surface area contributed by atoms with Crippen molar-refractivity contribution in [3.8, 4) is 0 Å². The zero-order valence-electron chi connectivity index (χ0n) is 12.6. The third-order valence-corrected chi connectivity index (χ3v) is 5.73. The van der Waals surface area contributed by atoms with Crippen LogP contribution >= 0.6 is 11.3 Å². The van der Waals surface area contributed by atoms with Crippen molar-refractivity contribution < 1.29 is 0 Å². The third-order valence-electron chi connectivity index (χ3n) is 4.51. The van der Waals surface area contributed by atoms with E-state index in [1.165, 1.54) is 30.7 Å². The van der Waals surface area contributed by atoms with Gasteiger partial charge >= 0.3 is 0 Å². The Bertz CT molecular complexity index is 400. The molecule has 0 radical (unpaired) electrons. The quantitative estimate of drug-likeness (QED) is 0.900. The molecule has 1 unspecified atom stereocenters. The van der Waals surface area contributed by atoms with Crippen LogP contribution in [0.3, 0.4) is 0 Å². The van der Waals surface area contributed by atoms with Crippen LogP contribution in [0, 0.1) is 11.3 Å². The summed E-state index contributed by atoms with van der Waals surface area (Å²) in [5, 5.41) is 10.9. The largest absolute Gasteiger partial charge is 0.322 e. The van der Waals surface area contributed by atoms with Gasteiger partial charge in [0.1, 0.15) is 10.0 Å². The molecular formula is C15H27N3S. The molecular weight excluding hydrogens is 254 g/mol. The van der Waals surface area contributed by atoms with Gasteiger partial charge in [-0.15, -0.1) is 10.2 Å². The first-order valence-corrected chi connectivity index (χ1v) is 8.32. The third kappa shape index (κ3) is 3.54. The smallest absolute Gasteiger partial charge is 0.134 e. The number of nitrogens with two attached hydrogens (primary N) is 1. The fourth-order valence-corrected chi connectivity index (χ4v) is 4.04. The van der Waals surface area contributed by atoms with E-state index >= 15 is 0 Å². The van der Waals surface area contributed by atoms with Crippen LogP contribution in [0.15, 0.2) is 0 Å². The van der Waals surface area contributed by atoms with E-state index in [1.54, 1.807) is 11.3 Å². The molecule has 3 nitrogen and oxygen atoms in total. The van der Waals surface area contributed by atoms with Crippen LogP contribution in [0.5, 0.6) is 0 Å². The lowest BCUT2D eigenvalue weighted by molar-refractivity contribution is 0.169. The van der Waals surface area contributed by atoms with Gasteiger partial charge in [0.25, 0.3) is 0 Å². The molecule has 0 spiro atoms. The Hall–Kier alpha value is -0.480. The molecule has 1 aromatic rings. The molecule has 0 saturated heterocycles. The molecule has 19 heavy (non-hydrogen) atoms. The van der Waals surface area contributed by atoms with E-state index in [1.807, 2.05) is 0 Å². The maximum absolute atomic E-state index is 6.02. The average molecular weight is 281 g/mol. The molecule has 0 bridgehead atoms. The Morgan fingerprint density at radius 1 is 1.21 bits per heavy atom. The van der Waals surface area contributed by atoms with Gasteiger partial charge in [0.05, 0.1) is 6.04 Å². The average Bonchev–Trinajstić information content (AvgIpc) is 2.86. The van der Waals surface area contributed by atoms with Crippen LogP contribution in [0.25, 0.3) is 0 Å².